The molecule has 6 nitrogen and oxygen atoms in total. The highest BCUT2D eigenvalue weighted by atomic mass is 16.5. The maximum atomic E-state index is 12.5. The third kappa shape index (κ3) is 4.51. The van der Waals surface area contributed by atoms with E-state index < -0.39 is 0 Å². The number of benzene rings is 1. The zero-order chi connectivity index (χ0) is 20.3. The van der Waals surface area contributed by atoms with Crippen LogP contribution in [0.1, 0.15) is 43.4 Å². The molecule has 1 aromatic heterocycles. The summed E-state index contributed by atoms with van der Waals surface area (Å²) in [6.45, 7) is 10.5. The molecule has 0 N–H and O–H groups in total. The van der Waals surface area contributed by atoms with Crippen molar-refractivity contribution < 1.29 is 9.53 Å². The van der Waals surface area contributed by atoms with E-state index in [4.69, 9.17) is 11.3 Å². The van der Waals surface area contributed by atoms with E-state index >= 15 is 0 Å². The number of nitrogens with zero attached hydrogens (tertiary/aromatic N) is 4. The van der Waals surface area contributed by atoms with Gasteiger partial charge in [-0.1, -0.05) is 37.1 Å². The topological polar surface area (TPSA) is 51.7 Å². The van der Waals surface area contributed by atoms with Crippen LogP contribution in [0.4, 0.5) is 5.69 Å². The van der Waals surface area contributed by atoms with Gasteiger partial charge in [0.15, 0.2) is 5.69 Å². The average molecular weight is 393 g/mol. The number of imidazole rings is 1. The average Bonchev–Trinajstić information content (AvgIpc) is 3.47. The summed E-state index contributed by atoms with van der Waals surface area (Å²) in [5.41, 5.74) is 2.71. The van der Waals surface area contributed by atoms with E-state index in [0.717, 1.165) is 56.9 Å². The zero-order valence-electron chi connectivity index (χ0n) is 17.0. The molecule has 2 aromatic rings. The molecule has 2 fully saturated rings. The van der Waals surface area contributed by atoms with Gasteiger partial charge in [-0.15, -0.1) is 0 Å². The third-order valence-electron chi connectivity index (χ3n) is 6.41. The lowest BCUT2D eigenvalue weighted by Gasteiger charge is -2.40. The highest BCUT2D eigenvalue weighted by Crippen LogP contribution is 2.46. The Labute approximate surface area is 172 Å². The molecule has 29 heavy (non-hydrogen) atoms. The first-order valence-electron chi connectivity index (χ1n) is 10.4. The smallest absolute Gasteiger partial charge is 0.311 e. The van der Waals surface area contributed by atoms with Crippen LogP contribution in [-0.2, 0) is 22.6 Å². The molecule has 0 radical (unpaired) electrons. The number of piperidine rings is 1. The summed E-state index contributed by atoms with van der Waals surface area (Å²) in [4.78, 5) is 22.7. The Morgan fingerprint density at radius 3 is 2.59 bits per heavy atom. The van der Waals surface area contributed by atoms with Crippen LogP contribution in [0.25, 0.3) is 4.85 Å². The largest absolute Gasteiger partial charge is 0.469 e. The standard InChI is InChI=1S/C23H28N4O2/c1-24-20-7-5-19(6-8-20)15-27-17-25-14-21(27)16-26-11-9-23(10-12-26,22(28)29-2)13-18-3-4-18/h5-8,14,17-18H,3-4,9-13,15-16H2,2H3. The summed E-state index contributed by atoms with van der Waals surface area (Å²) < 4.78 is 7.34. The summed E-state index contributed by atoms with van der Waals surface area (Å²) in [6, 6.07) is 7.72. The van der Waals surface area contributed by atoms with Crippen LogP contribution < -0.4 is 0 Å². The van der Waals surface area contributed by atoms with Gasteiger partial charge in [-0.25, -0.2) is 9.83 Å². The Bertz CT molecular complexity index is 884. The maximum absolute atomic E-state index is 12.5. The van der Waals surface area contributed by atoms with Crippen molar-refractivity contribution in [3.8, 4) is 0 Å². The highest BCUT2D eigenvalue weighted by molar-refractivity contribution is 5.77. The minimum atomic E-state index is -0.280. The Morgan fingerprint density at radius 1 is 1.24 bits per heavy atom. The molecule has 0 atom stereocenters. The van der Waals surface area contributed by atoms with E-state index in [2.05, 4.69) is 19.3 Å². The number of carbonyl (C=O) groups excluding carboxylic acids is 1. The highest BCUT2D eigenvalue weighted by Gasteiger charge is 2.45. The predicted molar refractivity (Wildman–Crippen MR) is 110 cm³/mol. The summed E-state index contributed by atoms with van der Waals surface area (Å²) in [5, 5.41) is 0. The van der Waals surface area contributed by atoms with E-state index in [1.165, 1.54) is 25.6 Å². The van der Waals surface area contributed by atoms with Crippen LogP contribution in [0.15, 0.2) is 36.8 Å². The monoisotopic (exact) mass is 392 g/mol. The molecule has 1 aliphatic carbocycles. The number of hydrogen-bond donors (Lipinski definition) is 0. The molecule has 2 heterocycles. The van der Waals surface area contributed by atoms with Crippen molar-refractivity contribution in [1.29, 1.82) is 0 Å². The number of hydrogen-bond acceptors (Lipinski definition) is 4. The first kappa shape index (κ1) is 19.7. The summed E-state index contributed by atoms with van der Waals surface area (Å²) in [7, 11) is 1.52. The molecule has 2 aliphatic rings. The van der Waals surface area contributed by atoms with Crippen molar-refractivity contribution in [2.24, 2.45) is 11.3 Å². The fraction of sp³-hybridized carbons (Fsp3) is 0.522. The normalized spacial score (nSPS) is 18.9. The number of rotatable bonds is 7. The van der Waals surface area contributed by atoms with Crippen molar-refractivity contribution >= 4 is 11.7 Å². The van der Waals surface area contributed by atoms with Gasteiger partial charge in [0.25, 0.3) is 0 Å². The Kier molecular flexibility index (Phi) is 5.68. The van der Waals surface area contributed by atoms with E-state index in [1.54, 1.807) is 0 Å². The van der Waals surface area contributed by atoms with Gasteiger partial charge in [0, 0.05) is 19.3 Å². The fourth-order valence-electron chi connectivity index (χ4n) is 4.45. The van der Waals surface area contributed by atoms with Gasteiger partial charge in [-0.3, -0.25) is 9.69 Å². The SMILES string of the molecule is [C-]#[N+]c1ccc(Cn2cncc2CN2CCC(CC3CC3)(C(=O)OC)CC2)cc1. The van der Waals surface area contributed by atoms with Crippen molar-refractivity contribution in [3.63, 3.8) is 0 Å². The quantitative estimate of drug-likeness (QED) is 0.527. The van der Waals surface area contributed by atoms with Gasteiger partial charge in [0.05, 0.1) is 31.1 Å². The molecular formula is C23H28N4O2. The minimum Gasteiger partial charge on any atom is -0.469 e. The van der Waals surface area contributed by atoms with Gasteiger partial charge < -0.3 is 9.30 Å². The van der Waals surface area contributed by atoms with Crippen LogP contribution >= 0.6 is 0 Å². The molecule has 0 spiro atoms. The lowest BCUT2D eigenvalue weighted by atomic mass is 9.74. The number of esters is 1. The van der Waals surface area contributed by atoms with Gasteiger partial charge in [-0.2, -0.15) is 0 Å². The second kappa shape index (κ2) is 8.38. The minimum absolute atomic E-state index is 0.0167. The first-order valence-corrected chi connectivity index (χ1v) is 10.4. The van der Waals surface area contributed by atoms with Crippen LogP contribution in [-0.4, -0.2) is 40.6 Å². The molecule has 0 amide bonds. The Morgan fingerprint density at radius 2 is 1.97 bits per heavy atom. The first-order chi connectivity index (χ1) is 14.1. The van der Waals surface area contributed by atoms with Gasteiger partial charge in [-0.05, 0) is 43.8 Å². The second-order valence-electron chi connectivity index (χ2n) is 8.49. The third-order valence-corrected chi connectivity index (χ3v) is 6.41. The van der Waals surface area contributed by atoms with Crippen molar-refractivity contribution in [2.75, 3.05) is 20.2 Å². The second-order valence-corrected chi connectivity index (χ2v) is 8.49. The van der Waals surface area contributed by atoms with Crippen LogP contribution in [0.3, 0.4) is 0 Å². The van der Waals surface area contributed by atoms with Crippen molar-refractivity contribution in [1.82, 2.24) is 14.5 Å². The summed E-state index contributed by atoms with van der Waals surface area (Å²) in [6.07, 6.45) is 9.07. The summed E-state index contributed by atoms with van der Waals surface area (Å²) >= 11 is 0. The van der Waals surface area contributed by atoms with Gasteiger partial charge in [0.2, 0.25) is 0 Å². The van der Waals surface area contributed by atoms with E-state index in [9.17, 15) is 4.79 Å². The van der Waals surface area contributed by atoms with Crippen molar-refractivity contribution in [3.05, 3.63) is 59.5 Å². The van der Waals surface area contributed by atoms with E-state index in [0.29, 0.717) is 5.69 Å². The molecule has 1 saturated heterocycles. The molecule has 152 valence electrons. The fourth-order valence-corrected chi connectivity index (χ4v) is 4.45. The molecule has 1 saturated carbocycles. The number of methoxy groups -OCH3 is 1. The molecule has 1 aromatic carbocycles. The van der Waals surface area contributed by atoms with Crippen molar-refractivity contribution in [2.45, 2.75) is 45.2 Å². The molecule has 0 bridgehead atoms. The lowest BCUT2D eigenvalue weighted by molar-refractivity contribution is -0.157. The van der Waals surface area contributed by atoms with Gasteiger partial charge >= 0.3 is 5.97 Å². The Hall–Kier alpha value is -2.65. The molecule has 4 rings (SSSR count). The predicted octanol–water partition coefficient (Wildman–Crippen LogP) is 4.04. The number of ether oxygens (including phenoxy) is 1. The Balaban J connectivity index is 1.37. The number of carbonyl (C=O) groups is 1. The maximum Gasteiger partial charge on any atom is 0.311 e. The molecule has 1 aliphatic heterocycles. The van der Waals surface area contributed by atoms with Crippen LogP contribution in [0, 0.1) is 17.9 Å². The van der Waals surface area contributed by atoms with Crippen LogP contribution in [0.5, 0.6) is 0 Å². The lowest BCUT2D eigenvalue weighted by Crippen LogP contribution is -2.45. The van der Waals surface area contributed by atoms with E-state index in [-0.39, 0.29) is 11.4 Å². The molecule has 6 heteroatoms. The van der Waals surface area contributed by atoms with Gasteiger partial charge in [0.1, 0.15) is 0 Å². The number of aromatic nitrogens is 2. The molecular weight excluding hydrogens is 364 g/mol. The zero-order valence-corrected chi connectivity index (χ0v) is 17.0. The van der Waals surface area contributed by atoms with Crippen LogP contribution in [0.2, 0.25) is 0 Å². The number of likely N-dealkylation sites (tertiary alicyclic amines) is 1. The molecule has 0 unspecified atom stereocenters. The summed E-state index contributed by atoms with van der Waals surface area (Å²) in [5.74, 6) is 0.702. The van der Waals surface area contributed by atoms with E-state index in [1.807, 2.05) is 36.8 Å².